The lowest BCUT2D eigenvalue weighted by Gasteiger charge is -2.14. The average Bonchev–Trinajstić information content (AvgIpc) is 2.30. The molecule has 2 rings (SSSR count). The minimum atomic E-state index is -0.623. The molecular formula is C10H10FN3O2. The van der Waals surface area contributed by atoms with Crippen molar-refractivity contribution < 1.29 is 9.31 Å². The van der Waals surface area contributed by atoms with E-state index in [1.54, 1.807) is 0 Å². The standard InChI is InChI=1S/C10H10FN3O2/c11-9-6-7(14(15)16)2-3-8(9)10-12-4-1-5-13-10/h2-3,6H,1,4-5H2,(H,12,13). The third-order valence-corrected chi connectivity index (χ3v) is 2.32. The van der Waals surface area contributed by atoms with Gasteiger partial charge in [0.15, 0.2) is 0 Å². The highest BCUT2D eigenvalue weighted by molar-refractivity contribution is 5.99. The maximum absolute atomic E-state index is 13.6. The Balaban J connectivity index is 2.35. The predicted octanol–water partition coefficient (Wildman–Crippen LogP) is 1.47. The van der Waals surface area contributed by atoms with Gasteiger partial charge < -0.3 is 5.32 Å². The van der Waals surface area contributed by atoms with Gasteiger partial charge in [0.05, 0.1) is 16.6 Å². The molecule has 84 valence electrons. The molecule has 0 radical (unpaired) electrons. The van der Waals surface area contributed by atoms with E-state index < -0.39 is 10.7 Å². The van der Waals surface area contributed by atoms with Crippen LogP contribution < -0.4 is 5.32 Å². The van der Waals surface area contributed by atoms with Crippen LogP contribution in [-0.2, 0) is 0 Å². The molecular weight excluding hydrogens is 213 g/mol. The topological polar surface area (TPSA) is 67.5 Å². The molecule has 0 aliphatic carbocycles. The summed E-state index contributed by atoms with van der Waals surface area (Å²) >= 11 is 0. The maximum atomic E-state index is 13.6. The first-order valence-corrected chi connectivity index (χ1v) is 4.91. The van der Waals surface area contributed by atoms with Crippen LogP contribution in [0.2, 0.25) is 0 Å². The first kappa shape index (κ1) is 10.5. The number of nitrogens with zero attached hydrogens (tertiary/aromatic N) is 2. The second kappa shape index (κ2) is 4.26. The molecule has 0 amide bonds. The van der Waals surface area contributed by atoms with Crippen molar-refractivity contribution in [3.05, 3.63) is 39.7 Å². The zero-order valence-electron chi connectivity index (χ0n) is 8.44. The van der Waals surface area contributed by atoms with E-state index in [1.165, 1.54) is 12.1 Å². The quantitative estimate of drug-likeness (QED) is 0.609. The number of benzene rings is 1. The number of non-ortho nitro benzene ring substituents is 1. The summed E-state index contributed by atoms with van der Waals surface area (Å²) in [6.45, 7) is 1.40. The number of rotatable bonds is 2. The summed E-state index contributed by atoms with van der Waals surface area (Å²) in [6, 6.07) is 3.57. The van der Waals surface area contributed by atoms with Gasteiger partial charge in [0.25, 0.3) is 5.69 Å². The highest BCUT2D eigenvalue weighted by Crippen LogP contribution is 2.17. The number of nitrogens with one attached hydrogen (secondary N) is 1. The highest BCUT2D eigenvalue weighted by Gasteiger charge is 2.15. The third kappa shape index (κ3) is 2.00. The maximum Gasteiger partial charge on any atom is 0.272 e. The van der Waals surface area contributed by atoms with Gasteiger partial charge in [-0.15, -0.1) is 0 Å². The van der Waals surface area contributed by atoms with Crippen molar-refractivity contribution >= 4 is 11.5 Å². The molecule has 0 bridgehead atoms. The summed E-state index contributed by atoms with van der Waals surface area (Å²) in [6.07, 6.45) is 0.915. The first-order chi connectivity index (χ1) is 7.68. The highest BCUT2D eigenvalue weighted by atomic mass is 19.1. The van der Waals surface area contributed by atoms with E-state index in [0.29, 0.717) is 12.4 Å². The summed E-state index contributed by atoms with van der Waals surface area (Å²) in [4.78, 5) is 13.9. The number of nitro groups is 1. The molecule has 1 aromatic rings. The van der Waals surface area contributed by atoms with Gasteiger partial charge in [0.2, 0.25) is 0 Å². The molecule has 0 unspecified atom stereocenters. The fourth-order valence-electron chi connectivity index (χ4n) is 1.52. The smallest absolute Gasteiger partial charge is 0.272 e. The van der Waals surface area contributed by atoms with Crippen LogP contribution in [0.4, 0.5) is 10.1 Å². The molecule has 6 heteroatoms. The van der Waals surface area contributed by atoms with Crippen molar-refractivity contribution in [1.29, 1.82) is 0 Å². The number of halogens is 1. The first-order valence-electron chi connectivity index (χ1n) is 4.91. The zero-order valence-corrected chi connectivity index (χ0v) is 8.44. The average molecular weight is 223 g/mol. The van der Waals surface area contributed by atoms with Crippen molar-refractivity contribution in [1.82, 2.24) is 5.32 Å². The molecule has 5 nitrogen and oxygen atoms in total. The summed E-state index contributed by atoms with van der Waals surface area (Å²) in [5.74, 6) is -0.152. The minimum Gasteiger partial charge on any atom is -0.370 e. The Morgan fingerprint density at radius 3 is 2.88 bits per heavy atom. The van der Waals surface area contributed by atoms with E-state index in [0.717, 1.165) is 19.0 Å². The Kier molecular flexibility index (Phi) is 2.80. The van der Waals surface area contributed by atoms with Gasteiger partial charge in [-0.2, -0.15) is 0 Å². The van der Waals surface area contributed by atoms with Crippen LogP contribution in [0, 0.1) is 15.9 Å². The van der Waals surface area contributed by atoms with Crippen molar-refractivity contribution in [2.45, 2.75) is 6.42 Å². The van der Waals surface area contributed by atoms with E-state index in [4.69, 9.17) is 0 Å². The van der Waals surface area contributed by atoms with Crippen LogP contribution in [0.1, 0.15) is 12.0 Å². The molecule has 1 aromatic carbocycles. The van der Waals surface area contributed by atoms with Crippen LogP contribution in [0.25, 0.3) is 0 Å². The molecule has 0 aromatic heterocycles. The van der Waals surface area contributed by atoms with Crippen LogP contribution in [-0.4, -0.2) is 23.8 Å². The van der Waals surface area contributed by atoms with Crippen molar-refractivity contribution in [3.8, 4) is 0 Å². The summed E-state index contributed by atoms with van der Waals surface area (Å²) in [5, 5.41) is 13.4. The molecule has 0 fully saturated rings. The van der Waals surface area contributed by atoms with E-state index in [9.17, 15) is 14.5 Å². The number of hydrogen-bond acceptors (Lipinski definition) is 4. The van der Waals surface area contributed by atoms with Crippen LogP contribution in [0.3, 0.4) is 0 Å². The lowest BCUT2D eigenvalue weighted by Crippen LogP contribution is -2.30. The third-order valence-electron chi connectivity index (χ3n) is 2.32. The van der Waals surface area contributed by atoms with Crippen LogP contribution in [0.5, 0.6) is 0 Å². The summed E-state index contributed by atoms with van der Waals surface area (Å²) in [7, 11) is 0. The SMILES string of the molecule is O=[N+]([O-])c1ccc(C2=NCCCN2)c(F)c1. The van der Waals surface area contributed by atoms with Crippen molar-refractivity contribution in [3.63, 3.8) is 0 Å². The Morgan fingerprint density at radius 1 is 1.50 bits per heavy atom. The molecule has 16 heavy (non-hydrogen) atoms. The molecule has 0 saturated heterocycles. The van der Waals surface area contributed by atoms with Gasteiger partial charge in [0.1, 0.15) is 11.7 Å². The number of hydrogen-bond donors (Lipinski definition) is 1. The Labute approximate surface area is 91.1 Å². The minimum absolute atomic E-state index is 0.252. The van der Waals surface area contributed by atoms with Gasteiger partial charge in [0, 0.05) is 19.2 Å². The van der Waals surface area contributed by atoms with Crippen molar-refractivity contribution in [2.75, 3.05) is 13.1 Å². The number of amidine groups is 1. The van der Waals surface area contributed by atoms with E-state index in [1.807, 2.05) is 0 Å². The summed E-state index contributed by atoms with van der Waals surface area (Å²) in [5.41, 5.74) is 0.0305. The van der Waals surface area contributed by atoms with Gasteiger partial charge >= 0.3 is 0 Å². The summed E-state index contributed by atoms with van der Waals surface area (Å²) < 4.78 is 13.6. The van der Waals surface area contributed by atoms with E-state index >= 15 is 0 Å². The fraction of sp³-hybridized carbons (Fsp3) is 0.300. The Bertz CT molecular complexity index is 459. The number of aliphatic imine (C=N–C) groups is 1. The molecule has 0 atom stereocenters. The second-order valence-electron chi connectivity index (χ2n) is 3.43. The molecule has 1 N–H and O–H groups in total. The van der Waals surface area contributed by atoms with Gasteiger partial charge in [-0.1, -0.05) is 0 Å². The lowest BCUT2D eigenvalue weighted by molar-refractivity contribution is -0.385. The van der Waals surface area contributed by atoms with E-state index in [2.05, 4.69) is 10.3 Å². The number of nitro benzene ring substituents is 1. The fourth-order valence-corrected chi connectivity index (χ4v) is 1.52. The van der Waals surface area contributed by atoms with E-state index in [-0.39, 0.29) is 11.3 Å². The van der Waals surface area contributed by atoms with Crippen molar-refractivity contribution in [2.24, 2.45) is 4.99 Å². The molecule has 1 aliphatic rings. The van der Waals surface area contributed by atoms with Crippen LogP contribution >= 0.6 is 0 Å². The lowest BCUT2D eigenvalue weighted by atomic mass is 10.1. The Morgan fingerprint density at radius 2 is 2.31 bits per heavy atom. The predicted molar refractivity (Wildman–Crippen MR) is 57.1 cm³/mol. The largest absolute Gasteiger partial charge is 0.370 e. The van der Waals surface area contributed by atoms with Gasteiger partial charge in [-0.25, -0.2) is 4.39 Å². The van der Waals surface area contributed by atoms with Gasteiger partial charge in [-0.05, 0) is 12.5 Å². The molecule has 0 spiro atoms. The van der Waals surface area contributed by atoms with Gasteiger partial charge in [-0.3, -0.25) is 15.1 Å². The molecule has 1 aliphatic heterocycles. The zero-order chi connectivity index (χ0) is 11.5. The molecule has 0 saturated carbocycles. The monoisotopic (exact) mass is 223 g/mol. The van der Waals surface area contributed by atoms with Crippen LogP contribution in [0.15, 0.2) is 23.2 Å². The second-order valence-corrected chi connectivity index (χ2v) is 3.43. The molecule has 1 heterocycles. The normalized spacial score (nSPS) is 15.2. The Hall–Kier alpha value is -1.98.